The minimum Gasteiger partial charge on any atom is -0.331 e. The third-order valence-corrected chi connectivity index (χ3v) is 3.32. The highest BCUT2D eigenvalue weighted by Crippen LogP contribution is 2.19. The van der Waals surface area contributed by atoms with Gasteiger partial charge < -0.3 is 9.97 Å². The van der Waals surface area contributed by atoms with Crippen LogP contribution in [-0.2, 0) is 9.05 Å². The lowest BCUT2D eigenvalue weighted by atomic mass is 10.3. The van der Waals surface area contributed by atoms with Crippen molar-refractivity contribution < 1.29 is 8.42 Å². The molecule has 14 heavy (non-hydrogen) atoms. The molecule has 2 N–H and O–H groups in total. The van der Waals surface area contributed by atoms with E-state index in [-0.39, 0.29) is 4.90 Å². The third kappa shape index (κ3) is 1.68. The lowest BCUT2D eigenvalue weighted by molar-refractivity contribution is 0.609. The molecule has 0 aliphatic carbocycles. The molecule has 1 aromatic heterocycles. The first-order valence-corrected chi connectivity index (χ1v) is 6.35. The summed E-state index contributed by atoms with van der Waals surface area (Å²) >= 11 is 4.86. The highest BCUT2D eigenvalue weighted by atomic mass is 35.7. The Morgan fingerprint density at radius 3 is 2.50 bits per heavy atom. The van der Waals surface area contributed by atoms with Crippen molar-refractivity contribution in [2.45, 2.75) is 4.90 Å². The van der Waals surface area contributed by atoms with Gasteiger partial charge in [-0.1, -0.05) is 0 Å². The van der Waals surface area contributed by atoms with Crippen LogP contribution in [0.2, 0.25) is 0 Å². The van der Waals surface area contributed by atoms with Gasteiger partial charge in [0.25, 0.3) is 9.05 Å². The van der Waals surface area contributed by atoms with Gasteiger partial charge in [-0.25, -0.2) is 8.42 Å². The van der Waals surface area contributed by atoms with Gasteiger partial charge in [-0.2, -0.15) is 0 Å². The average molecular weight is 249 g/mol. The maximum atomic E-state index is 11.0. The number of aromatic amines is 2. The van der Waals surface area contributed by atoms with E-state index in [2.05, 4.69) is 9.97 Å². The van der Waals surface area contributed by atoms with Crippen molar-refractivity contribution >= 4 is 43.0 Å². The minimum atomic E-state index is -3.68. The van der Waals surface area contributed by atoms with Gasteiger partial charge in [-0.05, 0) is 30.4 Å². The van der Waals surface area contributed by atoms with Crippen LogP contribution in [0.15, 0.2) is 23.1 Å². The lowest BCUT2D eigenvalue weighted by Gasteiger charge is -1.94. The first kappa shape index (κ1) is 9.70. The summed E-state index contributed by atoms with van der Waals surface area (Å²) in [4.78, 5) is 5.72. The molecule has 7 heteroatoms. The fourth-order valence-electron chi connectivity index (χ4n) is 1.16. The van der Waals surface area contributed by atoms with Crippen molar-refractivity contribution in [1.29, 1.82) is 0 Å². The van der Waals surface area contributed by atoms with Crippen molar-refractivity contribution in [1.82, 2.24) is 9.97 Å². The molecule has 0 aliphatic heterocycles. The largest absolute Gasteiger partial charge is 0.331 e. The summed E-state index contributed by atoms with van der Waals surface area (Å²) in [6, 6.07) is 4.46. The number of H-pyrrole nitrogens is 2. The molecule has 0 amide bonds. The topological polar surface area (TPSA) is 65.7 Å². The van der Waals surface area contributed by atoms with Crippen LogP contribution in [0.5, 0.6) is 0 Å². The Bertz CT molecular complexity index is 641. The number of aromatic nitrogens is 2. The van der Waals surface area contributed by atoms with E-state index in [4.69, 9.17) is 22.9 Å². The van der Waals surface area contributed by atoms with Gasteiger partial charge in [0, 0.05) is 10.7 Å². The van der Waals surface area contributed by atoms with Crippen LogP contribution in [0.25, 0.3) is 11.0 Å². The Hall–Kier alpha value is -0.850. The maximum absolute atomic E-state index is 11.0. The Kier molecular flexibility index (Phi) is 2.13. The Balaban J connectivity index is 2.80. The first-order valence-electron chi connectivity index (χ1n) is 3.63. The summed E-state index contributed by atoms with van der Waals surface area (Å²) in [7, 11) is 1.51. The van der Waals surface area contributed by atoms with Crippen molar-refractivity contribution in [2.24, 2.45) is 0 Å². The average Bonchev–Trinajstić information content (AvgIpc) is 2.41. The second-order valence-corrected chi connectivity index (χ2v) is 5.70. The van der Waals surface area contributed by atoms with Crippen molar-refractivity contribution in [3.05, 3.63) is 23.0 Å². The van der Waals surface area contributed by atoms with Crippen molar-refractivity contribution in [2.75, 3.05) is 0 Å². The summed E-state index contributed by atoms with van der Waals surface area (Å²) in [5, 5.41) is 0. The van der Waals surface area contributed by atoms with Crippen LogP contribution >= 0.6 is 22.9 Å². The molecule has 0 atom stereocenters. The van der Waals surface area contributed by atoms with Crippen LogP contribution in [-0.4, -0.2) is 18.4 Å². The molecule has 0 saturated carbocycles. The second-order valence-electron chi connectivity index (χ2n) is 2.72. The van der Waals surface area contributed by atoms with Gasteiger partial charge in [0.05, 0.1) is 15.9 Å². The molecule has 0 fully saturated rings. The summed E-state index contributed by atoms with van der Waals surface area (Å²) in [5.74, 6) is 0. The van der Waals surface area contributed by atoms with Gasteiger partial charge in [0.15, 0.2) is 4.77 Å². The fourth-order valence-corrected chi connectivity index (χ4v) is 2.16. The van der Waals surface area contributed by atoms with E-state index in [0.717, 1.165) is 5.52 Å². The lowest BCUT2D eigenvalue weighted by Crippen LogP contribution is -1.89. The van der Waals surface area contributed by atoms with Crippen LogP contribution in [0.4, 0.5) is 0 Å². The van der Waals surface area contributed by atoms with Crippen LogP contribution in [0.3, 0.4) is 0 Å². The molecule has 0 bridgehead atoms. The summed E-state index contributed by atoms with van der Waals surface area (Å²) in [6.45, 7) is 0. The number of nitrogens with one attached hydrogen (secondary N) is 2. The molecule has 2 rings (SSSR count). The normalized spacial score (nSPS) is 12.1. The van der Waals surface area contributed by atoms with E-state index in [1.807, 2.05) is 0 Å². The zero-order valence-electron chi connectivity index (χ0n) is 6.74. The molecule has 1 heterocycles. The van der Waals surface area contributed by atoms with Crippen LogP contribution in [0, 0.1) is 4.77 Å². The van der Waals surface area contributed by atoms with E-state index in [1.54, 1.807) is 6.07 Å². The molecule has 0 unspecified atom stereocenters. The monoisotopic (exact) mass is 248 g/mol. The Labute approximate surface area is 89.3 Å². The molecule has 0 aliphatic rings. The number of imidazole rings is 1. The first-order chi connectivity index (χ1) is 6.47. The number of hydrogen-bond acceptors (Lipinski definition) is 3. The molecule has 74 valence electrons. The molecular weight excluding hydrogens is 244 g/mol. The van der Waals surface area contributed by atoms with E-state index in [9.17, 15) is 8.42 Å². The number of hydrogen-bond donors (Lipinski definition) is 2. The Morgan fingerprint density at radius 2 is 1.86 bits per heavy atom. The van der Waals surface area contributed by atoms with Crippen LogP contribution in [0.1, 0.15) is 0 Å². The van der Waals surface area contributed by atoms with Crippen molar-refractivity contribution in [3.8, 4) is 0 Å². The molecule has 0 saturated heterocycles. The highest BCUT2D eigenvalue weighted by molar-refractivity contribution is 8.13. The Morgan fingerprint density at radius 1 is 1.21 bits per heavy atom. The fraction of sp³-hybridized carbons (Fsp3) is 0. The minimum absolute atomic E-state index is 0.0527. The molecule has 0 radical (unpaired) electrons. The second kappa shape index (κ2) is 3.08. The SMILES string of the molecule is O=S(=O)(Cl)c1ccc2[nH]c(=S)[nH]c2c1. The molecule has 4 nitrogen and oxygen atoms in total. The van der Waals surface area contributed by atoms with Gasteiger partial charge in [-0.3, -0.25) is 0 Å². The number of benzene rings is 1. The van der Waals surface area contributed by atoms with Gasteiger partial charge in [0.2, 0.25) is 0 Å². The van der Waals surface area contributed by atoms with Crippen LogP contribution < -0.4 is 0 Å². The predicted molar refractivity (Wildman–Crippen MR) is 56.5 cm³/mol. The van der Waals surface area contributed by atoms with E-state index < -0.39 is 9.05 Å². The molecule has 1 aromatic carbocycles. The quantitative estimate of drug-likeness (QED) is 0.600. The third-order valence-electron chi connectivity index (χ3n) is 1.77. The smallest absolute Gasteiger partial charge is 0.261 e. The molecule has 2 aromatic rings. The molecule has 0 spiro atoms. The van der Waals surface area contributed by atoms with E-state index >= 15 is 0 Å². The van der Waals surface area contributed by atoms with Gasteiger partial charge >= 0.3 is 0 Å². The number of rotatable bonds is 1. The maximum Gasteiger partial charge on any atom is 0.261 e. The number of fused-ring (bicyclic) bond motifs is 1. The highest BCUT2D eigenvalue weighted by Gasteiger charge is 2.10. The summed E-state index contributed by atoms with van der Waals surface area (Å²) < 4.78 is 22.4. The zero-order chi connectivity index (χ0) is 10.3. The standard InChI is InChI=1S/C7H5ClN2O2S2/c8-14(11,12)4-1-2-5-6(3-4)10-7(13)9-5/h1-3H,(H2,9,10,13). The van der Waals surface area contributed by atoms with E-state index in [1.165, 1.54) is 12.1 Å². The number of halogens is 1. The zero-order valence-corrected chi connectivity index (χ0v) is 9.13. The van der Waals surface area contributed by atoms with Gasteiger partial charge in [-0.15, -0.1) is 0 Å². The van der Waals surface area contributed by atoms with Crippen molar-refractivity contribution in [3.63, 3.8) is 0 Å². The predicted octanol–water partition coefficient (Wildman–Crippen LogP) is 2.15. The van der Waals surface area contributed by atoms with Gasteiger partial charge in [0.1, 0.15) is 0 Å². The molecular formula is C7H5ClN2O2S2. The van der Waals surface area contributed by atoms with E-state index in [0.29, 0.717) is 10.3 Å². The summed E-state index contributed by atoms with van der Waals surface area (Å²) in [5.41, 5.74) is 1.37. The summed E-state index contributed by atoms with van der Waals surface area (Å²) in [6.07, 6.45) is 0.